The van der Waals surface area contributed by atoms with E-state index < -0.39 is 0 Å². The fourth-order valence-corrected chi connectivity index (χ4v) is 1.02. The summed E-state index contributed by atoms with van der Waals surface area (Å²) < 4.78 is 0. The molecule has 1 saturated carbocycles. The van der Waals surface area contributed by atoms with Gasteiger partial charge in [-0.05, 0) is 18.8 Å². The van der Waals surface area contributed by atoms with Crippen molar-refractivity contribution in [2.45, 2.75) is 18.8 Å². The van der Waals surface area contributed by atoms with Crippen LogP contribution in [0.5, 0.6) is 0 Å². The van der Waals surface area contributed by atoms with Crippen LogP contribution in [-0.2, 0) is 0 Å². The van der Waals surface area contributed by atoms with Crippen molar-refractivity contribution < 1.29 is 0 Å². The Morgan fingerprint density at radius 3 is 3.00 bits per heavy atom. The van der Waals surface area contributed by atoms with Crippen LogP contribution in [0.3, 0.4) is 0 Å². The van der Waals surface area contributed by atoms with Gasteiger partial charge < -0.3 is 5.73 Å². The summed E-state index contributed by atoms with van der Waals surface area (Å²) in [6.45, 7) is 0. The highest BCUT2D eigenvalue weighted by Gasteiger charge is 2.25. The van der Waals surface area contributed by atoms with Crippen LogP contribution < -0.4 is 5.73 Å². The maximum Gasteiger partial charge on any atom is 0.199 e. The van der Waals surface area contributed by atoms with E-state index in [0.717, 1.165) is 5.56 Å². The lowest BCUT2D eigenvalue weighted by atomic mass is 10.2. The Labute approximate surface area is 59.3 Å². The molecule has 1 aromatic rings. The molecule has 1 aromatic heterocycles. The van der Waals surface area contributed by atoms with Crippen LogP contribution in [0.25, 0.3) is 0 Å². The van der Waals surface area contributed by atoms with Crippen LogP contribution in [-0.4, -0.2) is 9.97 Å². The number of rotatable bonds is 1. The highest BCUT2D eigenvalue weighted by molar-refractivity contribution is 5.41. The number of aromatic nitrogens is 2. The molecule has 3 nitrogen and oxygen atoms in total. The summed E-state index contributed by atoms with van der Waals surface area (Å²) in [6, 6.07) is 0. The fraction of sp³-hybridized carbons (Fsp3) is 0.429. The number of nitrogens with zero attached hydrogens (tertiary/aromatic N) is 2. The van der Waals surface area contributed by atoms with E-state index in [0.29, 0.717) is 11.7 Å². The van der Waals surface area contributed by atoms with Gasteiger partial charge in [-0.2, -0.15) is 0 Å². The molecule has 0 bridgehead atoms. The first-order valence-electron chi connectivity index (χ1n) is 3.36. The van der Waals surface area contributed by atoms with E-state index in [4.69, 9.17) is 5.73 Å². The zero-order chi connectivity index (χ0) is 6.97. The number of nitrogen functional groups attached to an aromatic ring is 1. The molecule has 51 valence electrons. The van der Waals surface area contributed by atoms with Gasteiger partial charge in [0.2, 0.25) is 0 Å². The number of nitrogens with two attached hydrogens (primary N) is 1. The summed E-state index contributed by atoms with van der Waals surface area (Å²) in [6.07, 6.45) is 6.69. The number of anilines is 1. The van der Waals surface area contributed by atoms with Crippen molar-refractivity contribution in [3.63, 3.8) is 0 Å². The minimum absolute atomic E-state index is 0.595. The molecular formula is C7H8N3. The molecule has 10 heavy (non-hydrogen) atoms. The summed E-state index contributed by atoms with van der Waals surface area (Å²) in [7, 11) is 0. The highest BCUT2D eigenvalue weighted by atomic mass is 14.9. The molecule has 1 aliphatic carbocycles. The van der Waals surface area contributed by atoms with Gasteiger partial charge in [0.1, 0.15) is 5.82 Å². The Balaban J connectivity index is 2.39. The van der Waals surface area contributed by atoms with E-state index in [-0.39, 0.29) is 0 Å². The molecule has 0 atom stereocenters. The van der Waals surface area contributed by atoms with Crippen LogP contribution >= 0.6 is 0 Å². The molecule has 0 amide bonds. The second kappa shape index (κ2) is 1.94. The predicted molar refractivity (Wildman–Crippen MR) is 37.3 cm³/mol. The molecule has 1 heterocycles. The molecule has 3 heteroatoms. The summed E-state index contributed by atoms with van der Waals surface area (Å²) in [5, 5.41) is 0. The van der Waals surface area contributed by atoms with Gasteiger partial charge in [-0.25, -0.2) is 9.97 Å². The topological polar surface area (TPSA) is 51.8 Å². The number of hydrogen-bond donors (Lipinski definition) is 1. The first-order valence-corrected chi connectivity index (χ1v) is 3.36. The first-order chi connectivity index (χ1) is 4.88. The maximum absolute atomic E-state index is 5.58. The Hall–Kier alpha value is -1.12. The molecule has 0 saturated heterocycles. The lowest BCUT2D eigenvalue weighted by molar-refractivity contribution is 1.04. The van der Waals surface area contributed by atoms with Crippen molar-refractivity contribution in [3.8, 4) is 0 Å². The average molecular weight is 134 g/mol. The molecule has 1 fully saturated rings. The van der Waals surface area contributed by atoms with E-state index in [1.54, 1.807) is 6.20 Å². The third-order valence-corrected chi connectivity index (χ3v) is 1.74. The van der Waals surface area contributed by atoms with Crippen molar-refractivity contribution in [1.29, 1.82) is 0 Å². The summed E-state index contributed by atoms with van der Waals surface area (Å²) in [5.74, 6) is 1.23. The molecule has 0 unspecified atom stereocenters. The monoisotopic (exact) mass is 134 g/mol. The molecular weight excluding hydrogens is 126 g/mol. The molecule has 2 rings (SSSR count). The van der Waals surface area contributed by atoms with Crippen molar-refractivity contribution >= 4 is 5.82 Å². The van der Waals surface area contributed by atoms with Crippen molar-refractivity contribution in [1.82, 2.24) is 9.97 Å². The Morgan fingerprint density at radius 1 is 1.60 bits per heavy atom. The summed E-state index contributed by atoms with van der Waals surface area (Å²) in [4.78, 5) is 7.57. The normalized spacial score (nSPS) is 17.2. The Morgan fingerprint density at radius 2 is 2.40 bits per heavy atom. The van der Waals surface area contributed by atoms with Gasteiger partial charge in [-0.1, -0.05) is 0 Å². The molecule has 2 N–H and O–H groups in total. The smallest absolute Gasteiger partial charge is 0.199 e. The van der Waals surface area contributed by atoms with Gasteiger partial charge in [0, 0.05) is 11.8 Å². The van der Waals surface area contributed by atoms with Crippen molar-refractivity contribution in [2.24, 2.45) is 0 Å². The zero-order valence-corrected chi connectivity index (χ0v) is 5.54. The van der Waals surface area contributed by atoms with E-state index in [1.165, 1.54) is 12.8 Å². The van der Waals surface area contributed by atoms with Gasteiger partial charge in [0.15, 0.2) is 6.33 Å². The first kappa shape index (κ1) is 5.65. The molecule has 0 aliphatic heterocycles. The molecule has 1 aliphatic rings. The van der Waals surface area contributed by atoms with Crippen molar-refractivity contribution in [3.05, 3.63) is 18.1 Å². The van der Waals surface area contributed by atoms with Crippen LogP contribution in [0.2, 0.25) is 0 Å². The van der Waals surface area contributed by atoms with Gasteiger partial charge >= 0.3 is 0 Å². The molecule has 0 aromatic carbocycles. The largest absolute Gasteiger partial charge is 0.383 e. The summed E-state index contributed by atoms with van der Waals surface area (Å²) in [5.41, 5.74) is 6.68. The van der Waals surface area contributed by atoms with E-state index in [9.17, 15) is 0 Å². The van der Waals surface area contributed by atoms with Gasteiger partial charge in [0.05, 0.1) is 0 Å². The second-order valence-electron chi connectivity index (χ2n) is 2.58. The van der Waals surface area contributed by atoms with Gasteiger partial charge in [-0.3, -0.25) is 0 Å². The Bertz CT molecular complexity index is 242. The lowest BCUT2D eigenvalue weighted by Gasteiger charge is -1.97. The number of hydrogen-bond acceptors (Lipinski definition) is 3. The van der Waals surface area contributed by atoms with E-state index in [2.05, 4.69) is 16.3 Å². The SMILES string of the molecule is Nc1n[c]ncc1C1CC1. The van der Waals surface area contributed by atoms with Crippen LogP contribution in [0, 0.1) is 6.33 Å². The second-order valence-corrected chi connectivity index (χ2v) is 2.58. The highest BCUT2D eigenvalue weighted by Crippen LogP contribution is 2.41. The average Bonchev–Trinajstić information content (AvgIpc) is 2.71. The zero-order valence-electron chi connectivity index (χ0n) is 5.54. The standard InChI is InChI=1S/C7H8N3/c8-7-6(5-1-2-5)3-9-4-10-7/h3,5H,1-2H2,(H2,8,9,10). The van der Waals surface area contributed by atoms with Crippen molar-refractivity contribution in [2.75, 3.05) is 5.73 Å². The lowest BCUT2D eigenvalue weighted by Crippen LogP contribution is -1.96. The molecule has 0 spiro atoms. The third kappa shape index (κ3) is 0.835. The molecule has 1 radical (unpaired) electrons. The maximum atomic E-state index is 5.58. The van der Waals surface area contributed by atoms with Crippen LogP contribution in [0.15, 0.2) is 6.20 Å². The van der Waals surface area contributed by atoms with Crippen LogP contribution in [0.4, 0.5) is 5.82 Å². The van der Waals surface area contributed by atoms with Gasteiger partial charge in [0.25, 0.3) is 0 Å². The van der Waals surface area contributed by atoms with E-state index in [1.807, 2.05) is 0 Å². The third-order valence-electron chi connectivity index (χ3n) is 1.74. The summed E-state index contributed by atoms with van der Waals surface area (Å²) >= 11 is 0. The Kier molecular flexibility index (Phi) is 1.09. The minimum Gasteiger partial charge on any atom is -0.383 e. The van der Waals surface area contributed by atoms with Gasteiger partial charge in [-0.15, -0.1) is 0 Å². The van der Waals surface area contributed by atoms with Crippen LogP contribution in [0.1, 0.15) is 24.3 Å². The predicted octanol–water partition coefficient (Wildman–Crippen LogP) is 0.736. The fourth-order valence-electron chi connectivity index (χ4n) is 1.02. The van der Waals surface area contributed by atoms with E-state index >= 15 is 0 Å². The minimum atomic E-state index is 0.595. The quantitative estimate of drug-likeness (QED) is 0.616.